The predicted octanol–water partition coefficient (Wildman–Crippen LogP) is 5.75. The number of sulfonamides is 1. The van der Waals surface area contributed by atoms with Crippen LogP contribution in [0.3, 0.4) is 0 Å². The maximum absolute atomic E-state index is 13.9. The minimum atomic E-state index is -3.83. The summed E-state index contributed by atoms with van der Waals surface area (Å²) in [4.78, 5) is 28.5. The number of halogens is 2. The summed E-state index contributed by atoms with van der Waals surface area (Å²) in [5, 5.41) is 3.80. The number of anilines is 1. The van der Waals surface area contributed by atoms with Crippen molar-refractivity contribution in [3.05, 3.63) is 63.6 Å². The molecule has 1 N–H and O–H groups in total. The summed E-state index contributed by atoms with van der Waals surface area (Å²) in [6.07, 6.45) is 6.13. The number of nitrogens with zero attached hydrogens (tertiary/aromatic N) is 2. The van der Waals surface area contributed by atoms with Crippen molar-refractivity contribution in [1.82, 2.24) is 10.2 Å². The largest absolute Gasteiger partial charge is 0.352 e. The Labute approximate surface area is 236 Å². The van der Waals surface area contributed by atoms with Gasteiger partial charge in [0, 0.05) is 28.2 Å². The molecule has 10 heteroatoms. The zero-order chi connectivity index (χ0) is 28.0. The maximum atomic E-state index is 13.9. The van der Waals surface area contributed by atoms with E-state index in [-0.39, 0.29) is 24.4 Å². The van der Waals surface area contributed by atoms with Crippen LogP contribution in [0, 0.1) is 0 Å². The Morgan fingerprint density at radius 1 is 0.974 bits per heavy atom. The highest BCUT2D eigenvalue weighted by Gasteiger charge is 2.32. The highest BCUT2D eigenvalue weighted by molar-refractivity contribution is 7.92. The third-order valence-electron chi connectivity index (χ3n) is 7.02. The van der Waals surface area contributed by atoms with Crippen molar-refractivity contribution in [3.8, 4) is 0 Å². The Morgan fingerprint density at radius 2 is 1.58 bits per heavy atom. The summed E-state index contributed by atoms with van der Waals surface area (Å²) in [5.74, 6) is -0.790. The first-order chi connectivity index (χ1) is 17.9. The molecule has 2 aromatic carbocycles. The van der Waals surface area contributed by atoms with Crippen LogP contribution in [0.4, 0.5) is 5.69 Å². The van der Waals surface area contributed by atoms with E-state index in [1.807, 2.05) is 26.0 Å². The van der Waals surface area contributed by atoms with Crippen LogP contribution in [0.15, 0.2) is 42.5 Å². The monoisotopic (exact) mass is 581 g/mol. The summed E-state index contributed by atoms with van der Waals surface area (Å²) in [6, 6.07) is 11.3. The van der Waals surface area contributed by atoms with E-state index in [4.69, 9.17) is 23.2 Å². The van der Waals surface area contributed by atoms with Crippen molar-refractivity contribution in [3.63, 3.8) is 0 Å². The third kappa shape index (κ3) is 7.64. The first-order valence-electron chi connectivity index (χ1n) is 13.0. The van der Waals surface area contributed by atoms with Crippen molar-refractivity contribution in [2.75, 3.05) is 17.1 Å². The van der Waals surface area contributed by atoms with Gasteiger partial charge in [0.1, 0.15) is 12.6 Å². The molecule has 0 aliphatic heterocycles. The molecule has 0 radical (unpaired) electrons. The van der Waals surface area contributed by atoms with Gasteiger partial charge in [-0.15, -0.1) is 0 Å². The molecule has 1 saturated carbocycles. The Morgan fingerprint density at radius 3 is 2.16 bits per heavy atom. The second-order valence-corrected chi connectivity index (χ2v) is 12.9. The second kappa shape index (κ2) is 13.2. The zero-order valence-electron chi connectivity index (χ0n) is 22.4. The van der Waals surface area contributed by atoms with Crippen LogP contribution in [0.1, 0.15) is 69.9 Å². The highest BCUT2D eigenvalue weighted by Crippen LogP contribution is 2.30. The van der Waals surface area contributed by atoms with Gasteiger partial charge in [-0.1, -0.05) is 80.6 Å². The van der Waals surface area contributed by atoms with Gasteiger partial charge in [0.25, 0.3) is 0 Å². The van der Waals surface area contributed by atoms with Gasteiger partial charge in [-0.05, 0) is 49.4 Å². The Hall–Kier alpha value is -2.29. The van der Waals surface area contributed by atoms with Crippen LogP contribution in [0.25, 0.3) is 0 Å². The molecule has 0 bridgehead atoms. The average molecular weight is 583 g/mol. The third-order valence-corrected chi connectivity index (χ3v) is 8.85. The van der Waals surface area contributed by atoms with Crippen LogP contribution < -0.4 is 9.62 Å². The first kappa shape index (κ1) is 30.3. The lowest BCUT2D eigenvalue weighted by Crippen LogP contribution is -2.53. The smallest absolute Gasteiger partial charge is 0.244 e. The number of amides is 2. The topological polar surface area (TPSA) is 86.8 Å². The highest BCUT2D eigenvalue weighted by atomic mass is 35.5. The second-order valence-electron chi connectivity index (χ2n) is 10.2. The normalized spacial score (nSPS) is 15.2. The maximum Gasteiger partial charge on any atom is 0.244 e. The van der Waals surface area contributed by atoms with Crippen molar-refractivity contribution in [2.45, 2.75) is 77.4 Å². The van der Waals surface area contributed by atoms with Gasteiger partial charge in [-0.2, -0.15) is 0 Å². The minimum absolute atomic E-state index is 0.0313. The Balaban J connectivity index is 1.96. The first-order valence-corrected chi connectivity index (χ1v) is 15.6. The lowest BCUT2D eigenvalue weighted by atomic mass is 9.95. The molecular formula is C28H37Cl2N3O4S. The summed E-state index contributed by atoms with van der Waals surface area (Å²) in [5.41, 5.74) is 1.73. The van der Waals surface area contributed by atoms with Crippen LogP contribution in [0.5, 0.6) is 0 Å². The van der Waals surface area contributed by atoms with Crippen LogP contribution >= 0.6 is 23.2 Å². The lowest BCUT2D eigenvalue weighted by Gasteiger charge is -2.33. The fraction of sp³-hybridized carbons (Fsp3) is 0.500. The quantitative estimate of drug-likeness (QED) is 0.387. The molecule has 7 nitrogen and oxygen atoms in total. The van der Waals surface area contributed by atoms with E-state index in [1.165, 1.54) is 4.90 Å². The van der Waals surface area contributed by atoms with E-state index >= 15 is 0 Å². The van der Waals surface area contributed by atoms with Crippen molar-refractivity contribution < 1.29 is 18.0 Å². The number of hydrogen-bond donors (Lipinski definition) is 1. The summed E-state index contributed by atoms with van der Waals surface area (Å²) in [7, 11) is -3.83. The summed E-state index contributed by atoms with van der Waals surface area (Å²) >= 11 is 12.8. The van der Waals surface area contributed by atoms with Crippen molar-refractivity contribution in [2.24, 2.45) is 0 Å². The standard InChI is InChI=1S/C28H37Cl2N3O4S/c1-19(2)22-13-8-9-16-26(22)33(38(4,36)37)18-27(34)32(17-23-24(29)14-10-15-25(23)30)20(3)28(35)31-21-11-6-5-7-12-21/h8-10,13-16,19-21H,5-7,11-12,17-18H2,1-4H3,(H,31,35). The number of rotatable bonds is 10. The molecule has 1 fully saturated rings. The molecular weight excluding hydrogens is 545 g/mol. The van der Waals surface area contributed by atoms with Crippen LogP contribution in [0.2, 0.25) is 10.0 Å². The number of carbonyl (C=O) groups excluding carboxylic acids is 2. The van der Waals surface area contributed by atoms with E-state index in [0.29, 0.717) is 21.3 Å². The average Bonchev–Trinajstić information content (AvgIpc) is 2.86. The van der Waals surface area contributed by atoms with Gasteiger partial charge < -0.3 is 10.2 Å². The van der Waals surface area contributed by atoms with E-state index in [1.54, 1.807) is 37.3 Å². The fourth-order valence-corrected chi connectivity index (χ4v) is 6.19. The number of para-hydroxylation sites is 1. The molecule has 208 valence electrons. The molecule has 1 aliphatic carbocycles. The van der Waals surface area contributed by atoms with E-state index < -0.39 is 28.5 Å². The van der Waals surface area contributed by atoms with Crippen molar-refractivity contribution in [1.29, 1.82) is 0 Å². The molecule has 3 rings (SSSR count). The zero-order valence-corrected chi connectivity index (χ0v) is 24.7. The van der Waals surface area contributed by atoms with E-state index in [0.717, 1.165) is 48.2 Å². The summed E-state index contributed by atoms with van der Waals surface area (Å²) < 4.78 is 27.0. The number of carbonyl (C=O) groups is 2. The van der Waals surface area contributed by atoms with Gasteiger partial charge in [0.2, 0.25) is 21.8 Å². The lowest BCUT2D eigenvalue weighted by molar-refractivity contribution is -0.139. The SMILES string of the molecule is CC(C)c1ccccc1N(CC(=O)N(Cc1c(Cl)cccc1Cl)C(C)C(=O)NC1CCCCC1)S(C)(=O)=O. The van der Waals surface area contributed by atoms with Gasteiger partial charge in [-0.3, -0.25) is 13.9 Å². The van der Waals surface area contributed by atoms with E-state index in [9.17, 15) is 18.0 Å². The number of hydrogen-bond acceptors (Lipinski definition) is 4. The molecule has 2 aromatic rings. The van der Waals surface area contributed by atoms with Crippen LogP contribution in [-0.4, -0.2) is 50.0 Å². The molecule has 2 amide bonds. The number of nitrogens with one attached hydrogen (secondary N) is 1. The van der Waals surface area contributed by atoms with E-state index in [2.05, 4.69) is 5.32 Å². The minimum Gasteiger partial charge on any atom is -0.352 e. The van der Waals surface area contributed by atoms with Gasteiger partial charge in [0.05, 0.1) is 11.9 Å². The molecule has 38 heavy (non-hydrogen) atoms. The fourth-order valence-electron chi connectivity index (χ4n) is 4.80. The van der Waals surface area contributed by atoms with Gasteiger partial charge in [-0.25, -0.2) is 8.42 Å². The molecule has 0 spiro atoms. The Bertz CT molecular complexity index is 1230. The molecule has 1 atom stereocenters. The molecule has 0 aromatic heterocycles. The molecule has 1 aliphatic rings. The summed E-state index contributed by atoms with van der Waals surface area (Å²) in [6.45, 7) is 5.06. The Kier molecular flexibility index (Phi) is 10.5. The molecule has 1 unspecified atom stereocenters. The van der Waals surface area contributed by atoms with Crippen molar-refractivity contribution >= 4 is 50.7 Å². The van der Waals surface area contributed by atoms with Gasteiger partial charge >= 0.3 is 0 Å². The molecule has 0 heterocycles. The van der Waals surface area contributed by atoms with Gasteiger partial charge in [0.15, 0.2) is 0 Å². The molecule has 0 saturated heterocycles. The van der Waals surface area contributed by atoms with Crippen LogP contribution in [-0.2, 0) is 26.2 Å². The number of benzene rings is 2. The predicted molar refractivity (Wildman–Crippen MR) is 154 cm³/mol.